The lowest BCUT2D eigenvalue weighted by molar-refractivity contribution is -0.0493. The van der Waals surface area contributed by atoms with Crippen LogP contribution < -0.4 is 14.8 Å². The van der Waals surface area contributed by atoms with Gasteiger partial charge in [-0.3, -0.25) is 0 Å². The average molecular weight is 287 g/mol. The molecule has 0 atom stereocenters. The molecule has 0 fully saturated rings. The van der Waals surface area contributed by atoms with Gasteiger partial charge in [0.25, 0.3) is 0 Å². The van der Waals surface area contributed by atoms with Crippen LogP contribution in [0.2, 0.25) is 0 Å². The highest BCUT2D eigenvalue weighted by atomic mass is 19.3. The van der Waals surface area contributed by atoms with Gasteiger partial charge in [-0.05, 0) is 18.6 Å². The van der Waals surface area contributed by atoms with Gasteiger partial charge < -0.3 is 14.8 Å². The van der Waals surface area contributed by atoms with Gasteiger partial charge in [0, 0.05) is 12.6 Å². The van der Waals surface area contributed by atoms with E-state index in [0.717, 1.165) is 19.4 Å². The van der Waals surface area contributed by atoms with Crippen LogP contribution in [0.1, 0.15) is 39.0 Å². The summed E-state index contributed by atoms with van der Waals surface area (Å²) in [7, 11) is 1.54. The fraction of sp³-hybridized carbons (Fsp3) is 0.600. The zero-order chi connectivity index (χ0) is 14.8. The Balaban J connectivity index is 2.52. The van der Waals surface area contributed by atoms with Crippen LogP contribution in [0.4, 0.5) is 14.5 Å². The molecule has 0 radical (unpaired) electrons. The van der Waals surface area contributed by atoms with Crippen LogP contribution in [0.25, 0.3) is 0 Å². The molecule has 0 heterocycles. The van der Waals surface area contributed by atoms with Crippen molar-refractivity contribution in [3.8, 4) is 11.5 Å². The molecule has 114 valence electrons. The summed E-state index contributed by atoms with van der Waals surface area (Å²) >= 11 is 0. The SMILES string of the molecule is CCCCCCCNc1cc(OC)ccc1OC(F)F. The molecule has 20 heavy (non-hydrogen) atoms. The first-order valence-corrected chi connectivity index (χ1v) is 7.04. The van der Waals surface area contributed by atoms with Crippen molar-refractivity contribution in [3.05, 3.63) is 18.2 Å². The summed E-state index contributed by atoms with van der Waals surface area (Å²) in [4.78, 5) is 0. The Morgan fingerprint density at radius 2 is 1.90 bits per heavy atom. The van der Waals surface area contributed by atoms with Gasteiger partial charge in [0.15, 0.2) is 0 Å². The summed E-state index contributed by atoms with van der Waals surface area (Å²) in [5.74, 6) is 0.759. The number of unbranched alkanes of at least 4 members (excludes halogenated alkanes) is 4. The molecule has 0 bridgehead atoms. The predicted octanol–water partition coefficient (Wildman–Crippen LogP) is 4.68. The second-order valence-electron chi connectivity index (χ2n) is 4.58. The highest BCUT2D eigenvalue weighted by Crippen LogP contribution is 2.30. The maximum Gasteiger partial charge on any atom is 0.387 e. The van der Waals surface area contributed by atoms with E-state index >= 15 is 0 Å². The molecule has 0 unspecified atom stereocenters. The van der Waals surface area contributed by atoms with Crippen LogP contribution in [-0.4, -0.2) is 20.3 Å². The number of hydrogen-bond acceptors (Lipinski definition) is 3. The van der Waals surface area contributed by atoms with E-state index < -0.39 is 6.61 Å². The van der Waals surface area contributed by atoms with Gasteiger partial charge in [0.2, 0.25) is 0 Å². The van der Waals surface area contributed by atoms with Crippen LogP contribution in [-0.2, 0) is 0 Å². The highest BCUT2D eigenvalue weighted by molar-refractivity contribution is 5.59. The maximum atomic E-state index is 12.3. The molecule has 0 saturated carbocycles. The molecule has 0 aliphatic rings. The van der Waals surface area contributed by atoms with Crippen molar-refractivity contribution in [1.29, 1.82) is 0 Å². The van der Waals surface area contributed by atoms with Crippen molar-refractivity contribution < 1.29 is 18.3 Å². The molecule has 5 heteroatoms. The summed E-state index contributed by atoms with van der Waals surface area (Å²) < 4.78 is 34.2. The highest BCUT2D eigenvalue weighted by Gasteiger charge is 2.10. The second kappa shape index (κ2) is 9.39. The van der Waals surface area contributed by atoms with E-state index in [0.29, 0.717) is 11.4 Å². The average Bonchev–Trinajstić information content (AvgIpc) is 2.43. The van der Waals surface area contributed by atoms with Crippen LogP contribution >= 0.6 is 0 Å². The molecule has 0 spiro atoms. The molecule has 0 aliphatic heterocycles. The van der Waals surface area contributed by atoms with Gasteiger partial charge in [-0.15, -0.1) is 0 Å². The summed E-state index contributed by atoms with van der Waals surface area (Å²) in [5.41, 5.74) is 0.542. The largest absolute Gasteiger partial charge is 0.497 e. The van der Waals surface area contributed by atoms with Crippen LogP contribution in [0, 0.1) is 0 Å². The maximum absolute atomic E-state index is 12.3. The third-order valence-electron chi connectivity index (χ3n) is 3.00. The summed E-state index contributed by atoms with van der Waals surface area (Å²) in [6.45, 7) is 0.0763. The lowest BCUT2D eigenvalue weighted by Crippen LogP contribution is -2.07. The Bertz CT molecular complexity index is 386. The van der Waals surface area contributed by atoms with E-state index in [4.69, 9.17) is 4.74 Å². The van der Waals surface area contributed by atoms with Crippen molar-refractivity contribution in [1.82, 2.24) is 0 Å². The first-order valence-electron chi connectivity index (χ1n) is 7.04. The number of hydrogen-bond donors (Lipinski definition) is 1. The van der Waals surface area contributed by atoms with Crippen molar-refractivity contribution >= 4 is 5.69 Å². The van der Waals surface area contributed by atoms with Gasteiger partial charge in [-0.2, -0.15) is 8.78 Å². The molecular formula is C15H23F2NO2. The molecule has 0 aliphatic carbocycles. The Labute approximate surface area is 119 Å². The lowest BCUT2D eigenvalue weighted by Gasteiger charge is -2.14. The Morgan fingerprint density at radius 1 is 1.15 bits per heavy atom. The first kappa shape index (κ1) is 16.5. The number of benzene rings is 1. The van der Waals surface area contributed by atoms with Crippen molar-refractivity contribution in [3.63, 3.8) is 0 Å². The smallest absolute Gasteiger partial charge is 0.387 e. The zero-order valence-electron chi connectivity index (χ0n) is 12.1. The number of methoxy groups -OCH3 is 1. The molecule has 3 nitrogen and oxygen atoms in total. The minimum absolute atomic E-state index is 0.148. The Morgan fingerprint density at radius 3 is 2.55 bits per heavy atom. The molecule has 1 rings (SSSR count). The number of anilines is 1. The van der Waals surface area contributed by atoms with Gasteiger partial charge in [0.1, 0.15) is 11.5 Å². The first-order chi connectivity index (χ1) is 9.67. The molecule has 1 N–H and O–H groups in total. The van der Waals surface area contributed by atoms with E-state index in [-0.39, 0.29) is 5.75 Å². The zero-order valence-corrected chi connectivity index (χ0v) is 12.1. The minimum atomic E-state index is -2.83. The van der Waals surface area contributed by atoms with Gasteiger partial charge in [-0.25, -0.2) is 0 Å². The third-order valence-corrected chi connectivity index (χ3v) is 3.00. The molecule has 0 saturated heterocycles. The lowest BCUT2D eigenvalue weighted by atomic mass is 10.1. The summed E-state index contributed by atoms with van der Waals surface area (Å²) in [5, 5.41) is 3.13. The Hall–Kier alpha value is -1.52. The van der Waals surface area contributed by atoms with Crippen molar-refractivity contribution in [2.75, 3.05) is 19.0 Å². The summed E-state index contributed by atoms with van der Waals surface area (Å²) in [6, 6.07) is 4.76. The van der Waals surface area contributed by atoms with Crippen molar-refractivity contribution in [2.24, 2.45) is 0 Å². The molecule has 1 aromatic rings. The van der Waals surface area contributed by atoms with E-state index in [2.05, 4.69) is 17.0 Å². The normalized spacial score (nSPS) is 10.7. The number of nitrogens with one attached hydrogen (secondary N) is 1. The molecule has 0 amide bonds. The standard InChI is InChI=1S/C15H23F2NO2/c1-3-4-5-6-7-10-18-13-11-12(19-2)8-9-14(13)20-15(16)17/h8-9,11,15,18H,3-7,10H2,1-2H3. The number of ether oxygens (including phenoxy) is 2. The van der Waals surface area contributed by atoms with Gasteiger partial charge in [0.05, 0.1) is 12.8 Å². The number of halogens is 2. The van der Waals surface area contributed by atoms with E-state index in [1.165, 1.54) is 32.4 Å². The summed E-state index contributed by atoms with van der Waals surface area (Å²) in [6.07, 6.45) is 5.78. The topological polar surface area (TPSA) is 30.5 Å². The fourth-order valence-electron chi connectivity index (χ4n) is 1.92. The van der Waals surface area contributed by atoms with E-state index in [1.807, 2.05) is 0 Å². The number of rotatable bonds is 10. The second-order valence-corrected chi connectivity index (χ2v) is 4.58. The van der Waals surface area contributed by atoms with Crippen LogP contribution in [0.15, 0.2) is 18.2 Å². The number of alkyl halides is 2. The molecule has 0 aromatic heterocycles. The van der Waals surface area contributed by atoms with Crippen LogP contribution in [0.5, 0.6) is 11.5 Å². The molecule has 1 aromatic carbocycles. The minimum Gasteiger partial charge on any atom is -0.497 e. The van der Waals surface area contributed by atoms with E-state index in [1.54, 1.807) is 12.1 Å². The van der Waals surface area contributed by atoms with E-state index in [9.17, 15) is 8.78 Å². The predicted molar refractivity (Wildman–Crippen MR) is 76.9 cm³/mol. The fourth-order valence-corrected chi connectivity index (χ4v) is 1.92. The monoisotopic (exact) mass is 287 g/mol. The third kappa shape index (κ3) is 6.08. The van der Waals surface area contributed by atoms with Crippen LogP contribution in [0.3, 0.4) is 0 Å². The van der Waals surface area contributed by atoms with Gasteiger partial charge >= 0.3 is 6.61 Å². The van der Waals surface area contributed by atoms with Crippen molar-refractivity contribution in [2.45, 2.75) is 45.6 Å². The molecular weight excluding hydrogens is 264 g/mol. The Kier molecular flexibility index (Phi) is 7.77. The van der Waals surface area contributed by atoms with Gasteiger partial charge in [-0.1, -0.05) is 32.6 Å². The quantitative estimate of drug-likeness (QED) is 0.634.